The molecule has 2 amide bonds. The van der Waals surface area contributed by atoms with Crippen molar-refractivity contribution in [3.05, 3.63) is 95.8 Å². The Bertz CT molecular complexity index is 1380. The zero-order valence-corrected chi connectivity index (χ0v) is 19.5. The fraction of sp³-hybridized carbons (Fsp3) is 0.148. The quantitative estimate of drug-likeness (QED) is 0.596. The lowest BCUT2D eigenvalue weighted by molar-refractivity contribution is 0.0821. The topological polar surface area (TPSA) is 105 Å². The Labute approximate surface area is 207 Å². The minimum absolute atomic E-state index is 0.167. The molecule has 2 aliphatic heterocycles. The first-order valence-electron chi connectivity index (χ1n) is 11.4. The van der Waals surface area contributed by atoms with Crippen LogP contribution < -0.4 is 14.8 Å². The van der Waals surface area contributed by atoms with Crippen LogP contribution in [0.4, 0.5) is 0 Å². The molecule has 0 fully saturated rings. The summed E-state index contributed by atoms with van der Waals surface area (Å²) in [6.07, 6.45) is 3.82. The van der Waals surface area contributed by atoms with Gasteiger partial charge in [-0.2, -0.15) is 0 Å². The summed E-state index contributed by atoms with van der Waals surface area (Å²) in [6, 6.07) is 19.6. The number of fused-ring (bicyclic) bond motifs is 1. The second-order valence-corrected chi connectivity index (χ2v) is 8.06. The number of guanidine groups is 1. The summed E-state index contributed by atoms with van der Waals surface area (Å²) >= 11 is 0. The number of hydrogen-bond donors (Lipinski definition) is 1. The van der Waals surface area contributed by atoms with E-state index < -0.39 is 0 Å². The molecule has 5 rings (SSSR count). The van der Waals surface area contributed by atoms with Crippen molar-refractivity contribution in [3.63, 3.8) is 0 Å². The maximum Gasteiger partial charge on any atom is 0.261 e. The van der Waals surface area contributed by atoms with Crippen LogP contribution in [-0.2, 0) is 0 Å². The van der Waals surface area contributed by atoms with Gasteiger partial charge in [-0.25, -0.2) is 15.0 Å². The summed E-state index contributed by atoms with van der Waals surface area (Å²) in [5, 5.41) is 2.74. The van der Waals surface area contributed by atoms with Gasteiger partial charge < -0.3 is 14.4 Å². The number of nitrogens with zero attached hydrogens (tertiary/aromatic N) is 4. The summed E-state index contributed by atoms with van der Waals surface area (Å²) < 4.78 is 10.9. The third-order valence-corrected chi connectivity index (χ3v) is 5.70. The van der Waals surface area contributed by atoms with Gasteiger partial charge in [0.05, 0.1) is 30.5 Å². The van der Waals surface area contributed by atoms with Crippen LogP contribution in [0.3, 0.4) is 0 Å². The summed E-state index contributed by atoms with van der Waals surface area (Å²) in [5.41, 5.74) is 2.49. The van der Waals surface area contributed by atoms with Gasteiger partial charge in [0.25, 0.3) is 11.8 Å². The van der Waals surface area contributed by atoms with E-state index in [0.717, 1.165) is 11.3 Å². The van der Waals surface area contributed by atoms with Gasteiger partial charge >= 0.3 is 0 Å². The van der Waals surface area contributed by atoms with E-state index in [1.54, 1.807) is 47.5 Å². The summed E-state index contributed by atoms with van der Waals surface area (Å²) in [4.78, 5) is 40.5. The maximum absolute atomic E-state index is 13.0. The number of ether oxygens (including phenoxy) is 2. The lowest BCUT2D eigenvalue weighted by atomic mass is 10.0. The standard InChI is InChI=1S/C27H23N5O4/c1-35-23-10-6-5-9-21(23)25(33)31-27-29-16-19-17-32(14-13-22(19)30-27)26(34)18-11-12-24(28-15-18)36-20-7-3-2-4-8-20/h2-12,15,17H,13-14,16H2,1H3,(H,29,31,33). The highest BCUT2D eigenvalue weighted by Crippen LogP contribution is 2.22. The number of aromatic nitrogens is 1. The number of hydrogen-bond acceptors (Lipinski definition) is 7. The molecule has 0 atom stereocenters. The molecule has 0 aliphatic carbocycles. The van der Waals surface area contributed by atoms with E-state index in [0.29, 0.717) is 48.0 Å². The molecule has 0 radical (unpaired) electrons. The van der Waals surface area contributed by atoms with Crippen molar-refractivity contribution < 1.29 is 19.1 Å². The molecule has 1 N–H and O–H groups in total. The second-order valence-electron chi connectivity index (χ2n) is 8.06. The van der Waals surface area contributed by atoms with Crippen molar-refractivity contribution in [1.29, 1.82) is 0 Å². The Morgan fingerprint density at radius 2 is 1.81 bits per heavy atom. The molecular formula is C27H23N5O4. The van der Waals surface area contributed by atoms with Crippen molar-refractivity contribution in [1.82, 2.24) is 15.2 Å². The SMILES string of the molecule is COc1ccccc1C(=O)NC1=NCC2=CN(C(=O)c3ccc(Oc4ccccc4)nc3)CCC2=N1. The van der Waals surface area contributed by atoms with Gasteiger partial charge in [0, 0.05) is 37.0 Å². The van der Waals surface area contributed by atoms with Gasteiger partial charge in [-0.15, -0.1) is 0 Å². The highest BCUT2D eigenvalue weighted by molar-refractivity contribution is 6.15. The smallest absolute Gasteiger partial charge is 0.261 e. The summed E-state index contributed by atoms with van der Waals surface area (Å²) in [7, 11) is 1.51. The predicted octanol–water partition coefficient (Wildman–Crippen LogP) is 3.85. The molecule has 2 aromatic carbocycles. The molecule has 0 saturated heterocycles. The van der Waals surface area contributed by atoms with Crippen LogP contribution in [0.25, 0.3) is 0 Å². The molecule has 0 saturated carbocycles. The highest BCUT2D eigenvalue weighted by atomic mass is 16.5. The van der Waals surface area contributed by atoms with Crippen LogP contribution in [0.15, 0.2) is 94.7 Å². The van der Waals surface area contributed by atoms with E-state index >= 15 is 0 Å². The fourth-order valence-corrected chi connectivity index (χ4v) is 3.87. The number of nitrogens with one attached hydrogen (secondary N) is 1. The number of para-hydroxylation sites is 2. The number of rotatable bonds is 5. The molecule has 9 heteroatoms. The Kier molecular flexibility index (Phi) is 6.53. The minimum atomic E-state index is -0.345. The first kappa shape index (κ1) is 23.0. The Balaban J connectivity index is 1.23. The van der Waals surface area contributed by atoms with E-state index in [1.807, 2.05) is 30.3 Å². The van der Waals surface area contributed by atoms with Gasteiger partial charge in [-0.1, -0.05) is 30.3 Å². The largest absolute Gasteiger partial charge is 0.496 e. The molecule has 9 nitrogen and oxygen atoms in total. The summed E-state index contributed by atoms with van der Waals surface area (Å²) in [5.74, 6) is 1.29. The van der Waals surface area contributed by atoms with Crippen molar-refractivity contribution in [2.75, 3.05) is 20.2 Å². The van der Waals surface area contributed by atoms with Gasteiger partial charge in [0.2, 0.25) is 11.8 Å². The number of aliphatic imine (C=N–C) groups is 2. The summed E-state index contributed by atoms with van der Waals surface area (Å²) in [6.45, 7) is 0.767. The van der Waals surface area contributed by atoms with Gasteiger partial charge in [-0.05, 0) is 30.3 Å². The predicted molar refractivity (Wildman–Crippen MR) is 135 cm³/mol. The van der Waals surface area contributed by atoms with Crippen molar-refractivity contribution in [3.8, 4) is 17.4 Å². The van der Waals surface area contributed by atoms with Crippen LogP contribution in [0.5, 0.6) is 17.4 Å². The number of methoxy groups -OCH3 is 1. The fourth-order valence-electron chi connectivity index (χ4n) is 3.87. The highest BCUT2D eigenvalue weighted by Gasteiger charge is 2.25. The van der Waals surface area contributed by atoms with Gasteiger partial charge in [0.15, 0.2) is 0 Å². The van der Waals surface area contributed by atoms with E-state index in [9.17, 15) is 9.59 Å². The lowest BCUT2D eigenvalue weighted by Crippen LogP contribution is -2.37. The minimum Gasteiger partial charge on any atom is -0.496 e. The number of carbonyl (C=O) groups is 2. The average Bonchev–Trinajstić information content (AvgIpc) is 2.93. The molecule has 0 spiro atoms. The lowest BCUT2D eigenvalue weighted by Gasteiger charge is -2.27. The molecule has 1 aromatic heterocycles. The van der Waals surface area contributed by atoms with Crippen LogP contribution in [0, 0.1) is 0 Å². The third-order valence-electron chi connectivity index (χ3n) is 5.70. The van der Waals surface area contributed by atoms with Crippen molar-refractivity contribution >= 4 is 23.5 Å². The van der Waals surface area contributed by atoms with Crippen molar-refractivity contribution in [2.45, 2.75) is 6.42 Å². The van der Waals surface area contributed by atoms with Crippen LogP contribution in [-0.4, -0.2) is 53.6 Å². The molecule has 180 valence electrons. The van der Waals surface area contributed by atoms with Crippen molar-refractivity contribution in [2.24, 2.45) is 9.98 Å². The Morgan fingerprint density at radius 3 is 2.58 bits per heavy atom. The number of amides is 2. The third kappa shape index (κ3) is 5.00. The molecule has 0 bridgehead atoms. The first-order chi connectivity index (χ1) is 17.6. The van der Waals surface area contributed by atoms with Crippen LogP contribution >= 0.6 is 0 Å². The van der Waals surface area contributed by atoms with E-state index in [4.69, 9.17) is 9.47 Å². The number of benzene rings is 2. The molecule has 36 heavy (non-hydrogen) atoms. The van der Waals surface area contributed by atoms with Gasteiger partial charge in [0.1, 0.15) is 11.5 Å². The molecular weight excluding hydrogens is 458 g/mol. The average molecular weight is 482 g/mol. The number of carbonyl (C=O) groups excluding carboxylic acids is 2. The van der Waals surface area contributed by atoms with E-state index in [1.165, 1.54) is 13.3 Å². The zero-order valence-electron chi connectivity index (χ0n) is 19.5. The van der Waals surface area contributed by atoms with Gasteiger partial charge in [-0.3, -0.25) is 14.9 Å². The number of pyridine rings is 1. The Morgan fingerprint density at radius 1 is 1.00 bits per heavy atom. The monoisotopic (exact) mass is 481 g/mol. The maximum atomic E-state index is 13.0. The molecule has 3 heterocycles. The van der Waals surface area contributed by atoms with Crippen LogP contribution in [0.1, 0.15) is 27.1 Å². The first-order valence-corrected chi connectivity index (χ1v) is 11.4. The second kappa shape index (κ2) is 10.2. The zero-order chi connectivity index (χ0) is 24.9. The molecule has 3 aromatic rings. The van der Waals surface area contributed by atoms with E-state index in [-0.39, 0.29) is 17.8 Å². The molecule has 0 unspecified atom stereocenters. The van der Waals surface area contributed by atoms with E-state index in [2.05, 4.69) is 20.3 Å². The normalized spacial score (nSPS) is 14.6. The Hall–Kier alpha value is -4.79. The molecule has 2 aliphatic rings. The van der Waals surface area contributed by atoms with Crippen LogP contribution in [0.2, 0.25) is 0 Å².